The number of allylic oxidation sites excluding steroid dienone is 1. The van der Waals surface area contributed by atoms with Crippen molar-refractivity contribution in [1.29, 1.82) is 0 Å². The van der Waals surface area contributed by atoms with Gasteiger partial charge in [-0.15, -0.1) is 0 Å². The van der Waals surface area contributed by atoms with Crippen LogP contribution in [-0.2, 0) is 15.4 Å². The molecule has 1 spiro atoms. The molecule has 1 aliphatic carbocycles. The highest BCUT2D eigenvalue weighted by Crippen LogP contribution is 2.46. The van der Waals surface area contributed by atoms with E-state index in [2.05, 4.69) is 5.32 Å². The van der Waals surface area contributed by atoms with Crippen LogP contribution in [0.25, 0.3) is 5.57 Å². The molecule has 0 saturated carbocycles. The predicted octanol–water partition coefficient (Wildman–Crippen LogP) is 3.90. The van der Waals surface area contributed by atoms with Crippen molar-refractivity contribution in [3.05, 3.63) is 35.4 Å². The monoisotopic (exact) mass is 307 g/mol. The third-order valence-corrected chi connectivity index (χ3v) is 4.78. The second-order valence-electron chi connectivity index (χ2n) is 6.15. The van der Waals surface area contributed by atoms with E-state index in [-0.39, 0.29) is 12.0 Å². The van der Waals surface area contributed by atoms with Crippen molar-refractivity contribution >= 4 is 11.3 Å². The first-order valence-electron chi connectivity index (χ1n) is 7.82. The van der Waals surface area contributed by atoms with Crippen LogP contribution in [0.15, 0.2) is 24.3 Å². The highest BCUT2D eigenvalue weighted by atomic mass is 19.3. The average molecular weight is 307 g/mol. The summed E-state index contributed by atoms with van der Waals surface area (Å²) in [6.07, 6.45) is 3.91. The van der Waals surface area contributed by atoms with Gasteiger partial charge in [-0.05, 0) is 23.6 Å². The zero-order valence-electron chi connectivity index (χ0n) is 12.3. The fourth-order valence-electron chi connectivity index (χ4n) is 3.65. The van der Waals surface area contributed by atoms with Crippen molar-refractivity contribution < 1.29 is 18.3 Å². The van der Waals surface area contributed by atoms with Gasteiger partial charge in [-0.2, -0.15) is 0 Å². The van der Waals surface area contributed by atoms with Gasteiger partial charge < -0.3 is 14.8 Å². The maximum atomic E-state index is 14.4. The van der Waals surface area contributed by atoms with Crippen LogP contribution >= 0.6 is 0 Å². The number of alkyl halides is 2. The van der Waals surface area contributed by atoms with Gasteiger partial charge >= 0.3 is 0 Å². The number of halogens is 2. The molecule has 5 heteroatoms. The number of benzene rings is 1. The van der Waals surface area contributed by atoms with Crippen molar-refractivity contribution in [2.45, 2.75) is 37.4 Å². The summed E-state index contributed by atoms with van der Waals surface area (Å²) in [5, 5.41) is 3.09. The summed E-state index contributed by atoms with van der Waals surface area (Å²) in [4.78, 5) is 0. The number of fused-ring (bicyclic) bond motifs is 1. The first kappa shape index (κ1) is 14.2. The third kappa shape index (κ3) is 2.23. The van der Waals surface area contributed by atoms with E-state index in [0.29, 0.717) is 43.9 Å². The second-order valence-corrected chi connectivity index (χ2v) is 6.15. The molecule has 3 aliphatic rings. The quantitative estimate of drug-likeness (QED) is 0.853. The second kappa shape index (κ2) is 5.03. The number of hydrogen-bond acceptors (Lipinski definition) is 3. The van der Waals surface area contributed by atoms with Gasteiger partial charge in [0.25, 0.3) is 5.92 Å². The van der Waals surface area contributed by atoms with E-state index in [0.717, 1.165) is 12.0 Å². The van der Waals surface area contributed by atoms with Crippen molar-refractivity contribution in [2.75, 3.05) is 25.1 Å². The molecule has 118 valence electrons. The maximum absolute atomic E-state index is 14.4. The van der Waals surface area contributed by atoms with Gasteiger partial charge in [0.15, 0.2) is 5.79 Å². The molecule has 1 aromatic rings. The Morgan fingerprint density at radius 3 is 2.64 bits per heavy atom. The van der Waals surface area contributed by atoms with Crippen molar-refractivity contribution in [1.82, 2.24) is 0 Å². The van der Waals surface area contributed by atoms with E-state index >= 15 is 0 Å². The van der Waals surface area contributed by atoms with Crippen LogP contribution in [0.1, 0.15) is 36.8 Å². The van der Waals surface area contributed by atoms with Crippen LogP contribution in [0.2, 0.25) is 0 Å². The summed E-state index contributed by atoms with van der Waals surface area (Å²) in [7, 11) is 0. The Balaban J connectivity index is 1.71. The first-order chi connectivity index (χ1) is 10.6. The molecule has 0 bridgehead atoms. The Hall–Kier alpha value is -1.46. The molecule has 2 aliphatic heterocycles. The van der Waals surface area contributed by atoms with E-state index in [9.17, 15) is 8.78 Å². The number of rotatable bonds is 1. The number of ether oxygens (including phenoxy) is 2. The Labute approximate surface area is 128 Å². The summed E-state index contributed by atoms with van der Waals surface area (Å²) in [5.74, 6) is -3.29. The Morgan fingerprint density at radius 2 is 1.91 bits per heavy atom. The number of anilines is 1. The van der Waals surface area contributed by atoms with Crippen LogP contribution < -0.4 is 5.32 Å². The lowest BCUT2D eigenvalue weighted by atomic mass is 9.84. The molecule has 1 aromatic carbocycles. The average Bonchev–Trinajstić information content (AvgIpc) is 2.95. The molecule has 0 atom stereocenters. The highest BCUT2D eigenvalue weighted by Gasteiger charge is 2.41. The van der Waals surface area contributed by atoms with Gasteiger partial charge in [-0.1, -0.05) is 18.2 Å². The molecule has 1 saturated heterocycles. The fraction of sp³-hybridized carbons (Fsp3) is 0.529. The molecular formula is C17H19F2NO2. The number of nitrogens with one attached hydrogen (secondary N) is 1. The summed E-state index contributed by atoms with van der Waals surface area (Å²) < 4.78 is 40.2. The largest absolute Gasteiger partial charge is 0.384 e. The topological polar surface area (TPSA) is 30.5 Å². The zero-order chi connectivity index (χ0) is 15.2. The summed E-state index contributed by atoms with van der Waals surface area (Å²) in [5.41, 5.74) is 2.35. The summed E-state index contributed by atoms with van der Waals surface area (Å²) in [6.45, 7) is 1.55. The van der Waals surface area contributed by atoms with Gasteiger partial charge in [0.05, 0.1) is 18.8 Å². The predicted molar refractivity (Wildman–Crippen MR) is 79.9 cm³/mol. The lowest BCUT2D eigenvalue weighted by Gasteiger charge is -2.33. The first-order valence-corrected chi connectivity index (χ1v) is 7.82. The van der Waals surface area contributed by atoms with E-state index in [4.69, 9.17) is 9.47 Å². The van der Waals surface area contributed by atoms with Crippen LogP contribution in [0.5, 0.6) is 0 Å². The van der Waals surface area contributed by atoms with Gasteiger partial charge in [0.2, 0.25) is 0 Å². The van der Waals surface area contributed by atoms with Crippen LogP contribution in [0.4, 0.5) is 14.5 Å². The maximum Gasteiger partial charge on any atom is 0.277 e. The molecule has 0 unspecified atom stereocenters. The zero-order valence-corrected chi connectivity index (χ0v) is 12.3. The Morgan fingerprint density at radius 1 is 1.09 bits per heavy atom. The molecule has 0 aromatic heterocycles. The lowest BCUT2D eigenvalue weighted by Crippen LogP contribution is -2.32. The van der Waals surface area contributed by atoms with E-state index in [1.54, 1.807) is 12.1 Å². The summed E-state index contributed by atoms with van der Waals surface area (Å²) in [6, 6.07) is 5.39. The van der Waals surface area contributed by atoms with Gasteiger partial charge in [-0.25, -0.2) is 8.78 Å². The van der Waals surface area contributed by atoms with Crippen molar-refractivity contribution in [3.63, 3.8) is 0 Å². The van der Waals surface area contributed by atoms with Gasteiger partial charge in [0.1, 0.15) is 0 Å². The minimum absolute atomic E-state index is 0.150. The Bertz CT molecular complexity index is 621. The SMILES string of the molecule is FC1(F)CCNc2cccc(C3=CCC4(CC3)OCCO4)c21. The molecule has 0 radical (unpaired) electrons. The standard InChI is InChI=1S/C17H19F2NO2/c18-17(19)8-9-20-14-3-1-2-13(15(14)17)12-4-6-16(7-5-12)21-10-11-22-16/h1-4,20H,5-11H2. The lowest BCUT2D eigenvalue weighted by molar-refractivity contribution is -0.159. The molecule has 0 amide bonds. The molecular weight excluding hydrogens is 288 g/mol. The van der Waals surface area contributed by atoms with Gasteiger partial charge in [-0.3, -0.25) is 0 Å². The van der Waals surface area contributed by atoms with Crippen molar-refractivity contribution in [2.24, 2.45) is 0 Å². The van der Waals surface area contributed by atoms with E-state index in [1.165, 1.54) is 0 Å². The van der Waals surface area contributed by atoms with E-state index < -0.39 is 11.7 Å². The van der Waals surface area contributed by atoms with E-state index in [1.807, 2.05) is 12.1 Å². The number of hydrogen-bond donors (Lipinski definition) is 1. The fourth-order valence-corrected chi connectivity index (χ4v) is 3.65. The smallest absolute Gasteiger partial charge is 0.277 e. The molecule has 3 nitrogen and oxygen atoms in total. The molecule has 1 fully saturated rings. The normalized spacial score (nSPS) is 25.5. The highest BCUT2D eigenvalue weighted by molar-refractivity contribution is 5.75. The summed E-state index contributed by atoms with van der Waals surface area (Å²) >= 11 is 0. The molecule has 1 N–H and O–H groups in total. The van der Waals surface area contributed by atoms with Crippen LogP contribution in [0.3, 0.4) is 0 Å². The van der Waals surface area contributed by atoms with Crippen molar-refractivity contribution in [3.8, 4) is 0 Å². The molecule has 2 heterocycles. The third-order valence-electron chi connectivity index (χ3n) is 4.78. The van der Waals surface area contributed by atoms with Gasteiger partial charge in [0, 0.05) is 31.5 Å². The Kier molecular flexibility index (Phi) is 3.24. The van der Waals surface area contributed by atoms with Crippen LogP contribution in [-0.4, -0.2) is 25.5 Å². The van der Waals surface area contributed by atoms with Crippen LogP contribution in [0, 0.1) is 0 Å². The molecule has 22 heavy (non-hydrogen) atoms. The minimum atomic E-state index is -2.77. The minimum Gasteiger partial charge on any atom is -0.384 e. The molecule has 4 rings (SSSR count).